The van der Waals surface area contributed by atoms with E-state index in [9.17, 15) is 18.4 Å². The number of aromatic nitrogens is 2. The molecule has 2 aromatic heterocycles. The summed E-state index contributed by atoms with van der Waals surface area (Å²) >= 11 is 0. The van der Waals surface area contributed by atoms with Crippen molar-refractivity contribution >= 4 is 45.0 Å². The summed E-state index contributed by atoms with van der Waals surface area (Å²) in [4.78, 5) is 33.9. The molecule has 2 aliphatic carbocycles. The number of rotatable bonds is 11. The second-order valence-electron chi connectivity index (χ2n) is 17.7. The number of hydrogen-bond acceptors (Lipinski definition) is 5. The molecular formula is C46H45F3N4O5. The number of halogens is 3. The van der Waals surface area contributed by atoms with Gasteiger partial charge in [0.15, 0.2) is 11.5 Å². The number of nitrogens with one attached hydrogen (secondary N) is 4. The van der Waals surface area contributed by atoms with Gasteiger partial charge in [-0.3, -0.25) is 9.59 Å². The van der Waals surface area contributed by atoms with Crippen LogP contribution in [0.4, 0.5) is 24.5 Å². The lowest BCUT2D eigenvalue weighted by Crippen LogP contribution is -2.28. The minimum Gasteiger partial charge on any atom is -0.494 e. The smallest absolute Gasteiger partial charge is 0.494 e. The summed E-state index contributed by atoms with van der Waals surface area (Å²) in [5, 5.41) is 7.69. The van der Waals surface area contributed by atoms with Gasteiger partial charge in [0.2, 0.25) is 11.8 Å². The highest BCUT2D eigenvalue weighted by atomic mass is 19.3. The summed E-state index contributed by atoms with van der Waals surface area (Å²) in [5.74, 6) is -0.566. The molecule has 58 heavy (non-hydrogen) atoms. The first-order chi connectivity index (χ1) is 27.4. The molecule has 0 bridgehead atoms. The third kappa shape index (κ3) is 6.81. The van der Waals surface area contributed by atoms with Crippen molar-refractivity contribution in [2.45, 2.75) is 94.7 Å². The lowest BCUT2D eigenvalue weighted by atomic mass is 9.86. The summed E-state index contributed by atoms with van der Waals surface area (Å²) in [5.41, 5.74) is 4.02. The molecule has 0 spiro atoms. The molecule has 1 aliphatic heterocycles. The summed E-state index contributed by atoms with van der Waals surface area (Å²) in [7, 11) is 0. The van der Waals surface area contributed by atoms with Gasteiger partial charge in [-0.15, -0.1) is 8.78 Å². The Balaban J connectivity index is 0.814. The molecule has 2 saturated carbocycles. The van der Waals surface area contributed by atoms with Crippen LogP contribution in [-0.2, 0) is 31.2 Å². The quantitative estimate of drug-likeness (QED) is 0.104. The fourth-order valence-electron chi connectivity index (χ4n) is 7.94. The van der Waals surface area contributed by atoms with Crippen molar-refractivity contribution in [3.63, 3.8) is 0 Å². The first-order valence-electron chi connectivity index (χ1n) is 19.7. The minimum absolute atomic E-state index is 0.00273. The van der Waals surface area contributed by atoms with Crippen LogP contribution in [0.2, 0.25) is 0 Å². The highest BCUT2D eigenvalue weighted by Gasteiger charge is 2.53. The average Bonchev–Trinajstić information content (AvgIpc) is 4.03. The van der Waals surface area contributed by atoms with Gasteiger partial charge in [0.05, 0.1) is 23.1 Å². The van der Waals surface area contributed by atoms with E-state index in [0.29, 0.717) is 42.7 Å². The fraction of sp³-hybridized carbons (Fsp3) is 0.348. The van der Waals surface area contributed by atoms with E-state index in [1.807, 2.05) is 48.5 Å². The second kappa shape index (κ2) is 13.1. The van der Waals surface area contributed by atoms with E-state index in [2.05, 4.69) is 70.8 Å². The number of fused-ring (bicyclic) bond motifs is 3. The van der Waals surface area contributed by atoms with Crippen molar-refractivity contribution in [1.29, 1.82) is 0 Å². The monoisotopic (exact) mass is 790 g/mol. The van der Waals surface area contributed by atoms with Crippen molar-refractivity contribution < 1.29 is 37.0 Å². The van der Waals surface area contributed by atoms with E-state index in [0.717, 1.165) is 51.8 Å². The normalized spacial score (nSPS) is 17.3. The predicted octanol–water partition coefficient (Wildman–Crippen LogP) is 10.5. The zero-order valence-electron chi connectivity index (χ0n) is 33.0. The zero-order chi connectivity index (χ0) is 40.8. The van der Waals surface area contributed by atoms with Gasteiger partial charge in [-0.25, -0.2) is 4.39 Å². The van der Waals surface area contributed by atoms with Crippen LogP contribution < -0.4 is 24.8 Å². The topological polar surface area (TPSA) is 117 Å². The third-order valence-electron chi connectivity index (χ3n) is 12.1. The van der Waals surface area contributed by atoms with Crippen molar-refractivity contribution in [2.24, 2.45) is 0 Å². The Morgan fingerprint density at radius 1 is 0.707 bits per heavy atom. The van der Waals surface area contributed by atoms with Crippen LogP contribution in [0.3, 0.4) is 0 Å². The van der Waals surface area contributed by atoms with Crippen molar-refractivity contribution in [2.75, 3.05) is 17.2 Å². The van der Waals surface area contributed by atoms with E-state index in [-0.39, 0.29) is 33.9 Å². The number of carbonyl (C=O) groups excluding carboxylic acids is 2. The summed E-state index contributed by atoms with van der Waals surface area (Å²) in [6.45, 7) is 11.1. The van der Waals surface area contributed by atoms with Gasteiger partial charge >= 0.3 is 6.29 Å². The van der Waals surface area contributed by atoms with Gasteiger partial charge in [0.1, 0.15) is 11.6 Å². The van der Waals surface area contributed by atoms with Gasteiger partial charge in [-0.2, -0.15) is 0 Å². The van der Waals surface area contributed by atoms with E-state index in [1.165, 1.54) is 18.2 Å². The second-order valence-corrected chi connectivity index (χ2v) is 17.7. The maximum Gasteiger partial charge on any atom is 0.586 e. The van der Waals surface area contributed by atoms with Crippen LogP contribution in [0.25, 0.3) is 21.8 Å². The van der Waals surface area contributed by atoms with Crippen LogP contribution in [0, 0.1) is 5.82 Å². The molecule has 12 heteroatoms. The Morgan fingerprint density at radius 3 is 2.03 bits per heavy atom. The molecule has 4 N–H and O–H groups in total. The largest absolute Gasteiger partial charge is 0.586 e. The number of anilines is 2. The van der Waals surface area contributed by atoms with Crippen LogP contribution in [0.15, 0.2) is 84.9 Å². The Morgan fingerprint density at radius 2 is 1.33 bits per heavy atom. The highest BCUT2D eigenvalue weighted by molar-refractivity contribution is 6.03. The maximum absolute atomic E-state index is 15.4. The van der Waals surface area contributed by atoms with Gasteiger partial charge in [-0.1, -0.05) is 52.8 Å². The van der Waals surface area contributed by atoms with Gasteiger partial charge < -0.3 is 34.8 Å². The molecule has 0 radical (unpaired) electrons. The number of ether oxygens (including phenoxy) is 3. The molecule has 0 unspecified atom stereocenters. The van der Waals surface area contributed by atoms with Crippen LogP contribution in [0.5, 0.6) is 17.2 Å². The molecule has 0 saturated heterocycles. The number of carbonyl (C=O) groups is 2. The SMILES string of the molecule is CC(C)(C)c1cc2cc(NC(=O)C3(c4ccc(OCCC(C)(C)c5cc6cc(NC(=O)C7(c8ccc9c(c8)OC(F)(F)O9)CC7)c(F)cc6[nH]5)cc4)CC3)ccc2[nH]1. The predicted molar refractivity (Wildman–Crippen MR) is 217 cm³/mol. The van der Waals surface area contributed by atoms with E-state index in [1.54, 1.807) is 12.1 Å². The molecule has 3 aliphatic rings. The van der Waals surface area contributed by atoms with Gasteiger partial charge in [0.25, 0.3) is 0 Å². The molecule has 3 heterocycles. The fourth-order valence-corrected chi connectivity index (χ4v) is 7.94. The van der Waals surface area contributed by atoms with Crippen molar-refractivity contribution in [1.82, 2.24) is 9.97 Å². The Labute approximate surface area is 333 Å². The zero-order valence-corrected chi connectivity index (χ0v) is 33.0. The maximum atomic E-state index is 15.4. The molecule has 0 atom stereocenters. The molecule has 300 valence electrons. The number of H-pyrrole nitrogens is 2. The van der Waals surface area contributed by atoms with E-state index < -0.39 is 28.8 Å². The van der Waals surface area contributed by atoms with Crippen molar-refractivity contribution in [3.05, 3.63) is 113 Å². The molecule has 4 aromatic carbocycles. The Hall–Kier alpha value is -5.91. The standard InChI is InChI=1S/C46H45F3N4O5/c1-42(2,3)38-22-26-20-30(9-12-33(26)51-38)50-40(54)44(14-15-44)28-6-10-31(11-7-28)56-19-18-43(4,5)39-23-27-21-35(32(47)25-34(27)52-39)53-41(55)45(16-17-45)29-8-13-36-37(24-29)58-46(48,49)57-36/h6-13,20-25,51-52H,14-19H2,1-5H3,(H,50,54)(H,53,55). The van der Waals surface area contributed by atoms with Crippen LogP contribution >= 0.6 is 0 Å². The average molecular weight is 791 g/mol. The first kappa shape index (κ1) is 37.7. The third-order valence-corrected chi connectivity index (χ3v) is 12.1. The Bertz CT molecular complexity index is 2610. The molecule has 9 rings (SSSR count). The number of hydrogen-bond donors (Lipinski definition) is 4. The number of amides is 2. The first-order valence-corrected chi connectivity index (χ1v) is 19.7. The number of alkyl halides is 2. The Kier molecular flexibility index (Phi) is 8.48. The molecular weight excluding hydrogens is 746 g/mol. The number of benzene rings is 4. The molecule has 6 aromatic rings. The van der Waals surface area contributed by atoms with Gasteiger partial charge in [0, 0.05) is 55.8 Å². The minimum atomic E-state index is -3.76. The van der Waals surface area contributed by atoms with E-state index in [4.69, 9.17) is 4.74 Å². The van der Waals surface area contributed by atoms with Crippen LogP contribution in [0.1, 0.15) is 89.2 Å². The van der Waals surface area contributed by atoms with E-state index >= 15 is 4.39 Å². The van der Waals surface area contributed by atoms with Gasteiger partial charge in [-0.05, 0) is 104 Å². The molecule has 2 fully saturated rings. The lowest BCUT2D eigenvalue weighted by Gasteiger charge is -2.23. The lowest BCUT2D eigenvalue weighted by molar-refractivity contribution is -0.286. The molecule has 2 amide bonds. The number of aromatic amines is 2. The summed E-state index contributed by atoms with van der Waals surface area (Å²) in [6.07, 6.45) is -0.588. The summed E-state index contributed by atoms with van der Waals surface area (Å²) < 4.78 is 57.8. The van der Waals surface area contributed by atoms with Crippen LogP contribution in [-0.4, -0.2) is 34.7 Å². The highest BCUT2D eigenvalue weighted by Crippen LogP contribution is 2.53. The summed E-state index contributed by atoms with van der Waals surface area (Å²) in [6, 6.07) is 25.1. The van der Waals surface area contributed by atoms with Crippen molar-refractivity contribution in [3.8, 4) is 17.2 Å². The molecule has 9 nitrogen and oxygen atoms in total.